The molecule has 3 aromatic rings. The SMILES string of the molecule is C.CC(=O)c1ccc(-c2cnc(-c3ccccc3)s2)cc1. The van der Waals surface area contributed by atoms with Gasteiger partial charge in [-0.2, -0.15) is 0 Å². The molecule has 0 saturated heterocycles. The number of carbonyl (C=O) groups excluding carboxylic acids is 1. The number of Topliss-reactive ketones (excluding diaryl/α,β-unsaturated/α-hetero) is 1. The summed E-state index contributed by atoms with van der Waals surface area (Å²) in [5, 5.41) is 1.01. The van der Waals surface area contributed by atoms with E-state index in [1.54, 1.807) is 18.3 Å². The molecule has 106 valence electrons. The van der Waals surface area contributed by atoms with Crippen molar-refractivity contribution in [1.29, 1.82) is 0 Å². The molecule has 1 heterocycles. The minimum Gasteiger partial charge on any atom is -0.295 e. The zero-order valence-electron chi connectivity index (χ0n) is 11.0. The number of hydrogen-bond acceptors (Lipinski definition) is 3. The maximum absolute atomic E-state index is 11.3. The molecule has 0 amide bonds. The monoisotopic (exact) mass is 295 g/mol. The van der Waals surface area contributed by atoms with E-state index in [1.165, 1.54) is 0 Å². The van der Waals surface area contributed by atoms with E-state index < -0.39 is 0 Å². The first kappa shape index (κ1) is 15.1. The summed E-state index contributed by atoms with van der Waals surface area (Å²) in [5.74, 6) is 0.0887. The standard InChI is InChI=1S/C17H13NOS.CH4/c1-12(19)13-7-9-14(10-8-13)16-11-18-17(20-16)15-5-3-2-4-6-15;/h2-11H,1H3;1H4. The van der Waals surface area contributed by atoms with Gasteiger partial charge in [-0.1, -0.05) is 62.0 Å². The number of hydrogen-bond donors (Lipinski definition) is 0. The number of aromatic nitrogens is 1. The van der Waals surface area contributed by atoms with Crippen LogP contribution >= 0.6 is 11.3 Å². The fourth-order valence-corrected chi connectivity index (χ4v) is 2.92. The first-order chi connectivity index (χ1) is 9.74. The number of rotatable bonds is 3. The summed E-state index contributed by atoms with van der Waals surface area (Å²) in [6.45, 7) is 1.58. The molecule has 0 N–H and O–H groups in total. The van der Waals surface area contributed by atoms with E-state index in [0.29, 0.717) is 0 Å². The van der Waals surface area contributed by atoms with Gasteiger partial charge in [-0.15, -0.1) is 11.3 Å². The lowest BCUT2D eigenvalue weighted by Crippen LogP contribution is -1.90. The molecule has 2 aromatic carbocycles. The molecule has 3 heteroatoms. The van der Waals surface area contributed by atoms with E-state index in [4.69, 9.17) is 0 Å². The predicted octanol–water partition coefficient (Wildman–Crippen LogP) is 5.32. The third-order valence-electron chi connectivity index (χ3n) is 3.10. The molecule has 2 nitrogen and oxygen atoms in total. The van der Waals surface area contributed by atoms with Crippen molar-refractivity contribution >= 4 is 17.1 Å². The Balaban J connectivity index is 0.00000161. The van der Waals surface area contributed by atoms with Gasteiger partial charge in [0.15, 0.2) is 5.78 Å². The second kappa shape index (κ2) is 6.46. The Morgan fingerprint density at radius 3 is 2.24 bits per heavy atom. The van der Waals surface area contributed by atoms with E-state index in [2.05, 4.69) is 17.1 Å². The summed E-state index contributed by atoms with van der Waals surface area (Å²) in [7, 11) is 0. The summed E-state index contributed by atoms with van der Waals surface area (Å²) in [5.41, 5.74) is 2.96. The van der Waals surface area contributed by atoms with Gasteiger partial charge in [0.05, 0.1) is 4.88 Å². The highest BCUT2D eigenvalue weighted by atomic mass is 32.1. The van der Waals surface area contributed by atoms with Crippen LogP contribution in [0.15, 0.2) is 60.8 Å². The zero-order chi connectivity index (χ0) is 13.9. The molecular formula is C18H17NOS. The number of benzene rings is 2. The van der Waals surface area contributed by atoms with Crippen molar-refractivity contribution in [3.63, 3.8) is 0 Å². The molecule has 0 saturated carbocycles. The van der Waals surface area contributed by atoms with Crippen LogP contribution in [0, 0.1) is 0 Å². The van der Waals surface area contributed by atoms with Crippen molar-refractivity contribution in [3.8, 4) is 21.0 Å². The summed E-state index contributed by atoms with van der Waals surface area (Å²) < 4.78 is 0. The summed E-state index contributed by atoms with van der Waals surface area (Å²) >= 11 is 1.66. The molecule has 21 heavy (non-hydrogen) atoms. The minimum absolute atomic E-state index is 0. The largest absolute Gasteiger partial charge is 0.295 e. The highest BCUT2D eigenvalue weighted by Gasteiger charge is 2.07. The van der Waals surface area contributed by atoms with Crippen LogP contribution in [0.2, 0.25) is 0 Å². The highest BCUT2D eigenvalue weighted by molar-refractivity contribution is 7.18. The Labute approximate surface area is 129 Å². The normalized spacial score (nSPS) is 9.95. The van der Waals surface area contributed by atoms with E-state index in [0.717, 1.165) is 26.6 Å². The van der Waals surface area contributed by atoms with Crippen LogP contribution in [-0.4, -0.2) is 10.8 Å². The van der Waals surface area contributed by atoms with E-state index in [9.17, 15) is 4.79 Å². The molecule has 0 spiro atoms. The van der Waals surface area contributed by atoms with Crippen molar-refractivity contribution in [2.75, 3.05) is 0 Å². The molecule has 1 aromatic heterocycles. The molecule has 0 unspecified atom stereocenters. The molecule has 3 rings (SSSR count). The predicted molar refractivity (Wildman–Crippen MR) is 89.7 cm³/mol. The zero-order valence-corrected chi connectivity index (χ0v) is 11.9. The van der Waals surface area contributed by atoms with Crippen molar-refractivity contribution < 1.29 is 4.79 Å². The van der Waals surface area contributed by atoms with E-state index in [-0.39, 0.29) is 13.2 Å². The van der Waals surface area contributed by atoms with Crippen LogP contribution in [0.25, 0.3) is 21.0 Å². The van der Waals surface area contributed by atoms with Gasteiger partial charge in [0.1, 0.15) is 5.01 Å². The third-order valence-corrected chi connectivity index (χ3v) is 4.20. The van der Waals surface area contributed by atoms with Crippen molar-refractivity contribution in [2.45, 2.75) is 14.4 Å². The lowest BCUT2D eigenvalue weighted by atomic mass is 10.1. The van der Waals surface area contributed by atoms with Crippen LogP contribution in [0.3, 0.4) is 0 Å². The van der Waals surface area contributed by atoms with Gasteiger partial charge in [0.2, 0.25) is 0 Å². The topological polar surface area (TPSA) is 30.0 Å². The quantitative estimate of drug-likeness (QED) is 0.612. The van der Waals surface area contributed by atoms with Gasteiger partial charge >= 0.3 is 0 Å². The minimum atomic E-state index is 0. The Kier molecular flexibility index (Phi) is 4.66. The smallest absolute Gasteiger partial charge is 0.159 e. The van der Waals surface area contributed by atoms with Crippen LogP contribution in [0.5, 0.6) is 0 Å². The number of carbonyl (C=O) groups is 1. The first-order valence-corrected chi connectivity index (χ1v) is 7.18. The maximum atomic E-state index is 11.3. The molecule has 0 aliphatic rings. The fraction of sp³-hybridized carbons (Fsp3) is 0.111. The second-order valence-electron chi connectivity index (χ2n) is 4.53. The van der Waals surface area contributed by atoms with Gasteiger partial charge in [-0.05, 0) is 12.5 Å². The fourth-order valence-electron chi connectivity index (χ4n) is 1.99. The Morgan fingerprint density at radius 1 is 0.952 bits per heavy atom. The lowest BCUT2D eigenvalue weighted by Gasteiger charge is -1.98. The molecule has 0 radical (unpaired) electrons. The van der Waals surface area contributed by atoms with Gasteiger partial charge < -0.3 is 0 Å². The number of ketones is 1. The molecule has 0 fully saturated rings. The Morgan fingerprint density at radius 2 is 1.62 bits per heavy atom. The number of nitrogens with zero attached hydrogens (tertiary/aromatic N) is 1. The first-order valence-electron chi connectivity index (χ1n) is 6.36. The van der Waals surface area contributed by atoms with Gasteiger partial charge in [0.25, 0.3) is 0 Å². The number of thiazole rings is 1. The summed E-state index contributed by atoms with van der Waals surface area (Å²) in [4.78, 5) is 16.9. The molecule has 0 bridgehead atoms. The summed E-state index contributed by atoms with van der Waals surface area (Å²) in [6.07, 6.45) is 1.88. The Hall–Kier alpha value is -2.26. The van der Waals surface area contributed by atoms with Crippen molar-refractivity contribution in [1.82, 2.24) is 4.98 Å². The Bertz CT molecular complexity index is 729. The maximum Gasteiger partial charge on any atom is 0.159 e. The third kappa shape index (κ3) is 3.26. The average Bonchev–Trinajstić information content (AvgIpc) is 2.98. The van der Waals surface area contributed by atoms with Gasteiger partial charge in [-0.3, -0.25) is 4.79 Å². The average molecular weight is 295 g/mol. The van der Waals surface area contributed by atoms with E-state index in [1.807, 2.05) is 48.7 Å². The van der Waals surface area contributed by atoms with Gasteiger partial charge in [-0.25, -0.2) is 4.98 Å². The summed E-state index contributed by atoms with van der Waals surface area (Å²) in [6, 6.07) is 17.8. The van der Waals surface area contributed by atoms with Gasteiger partial charge in [0, 0.05) is 17.3 Å². The van der Waals surface area contributed by atoms with Crippen molar-refractivity contribution in [2.24, 2.45) is 0 Å². The highest BCUT2D eigenvalue weighted by Crippen LogP contribution is 2.31. The van der Waals surface area contributed by atoms with Crippen LogP contribution in [-0.2, 0) is 0 Å². The van der Waals surface area contributed by atoms with Crippen molar-refractivity contribution in [3.05, 3.63) is 66.4 Å². The molecular weight excluding hydrogens is 278 g/mol. The van der Waals surface area contributed by atoms with Crippen LogP contribution in [0.1, 0.15) is 24.7 Å². The second-order valence-corrected chi connectivity index (χ2v) is 5.56. The van der Waals surface area contributed by atoms with Crippen LogP contribution < -0.4 is 0 Å². The lowest BCUT2D eigenvalue weighted by molar-refractivity contribution is 0.101. The van der Waals surface area contributed by atoms with Crippen LogP contribution in [0.4, 0.5) is 0 Å². The van der Waals surface area contributed by atoms with E-state index >= 15 is 0 Å². The molecule has 0 aliphatic carbocycles. The molecule has 0 atom stereocenters. The molecule has 0 aliphatic heterocycles.